The van der Waals surface area contributed by atoms with E-state index >= 15 is 0 Å². The van der Waals surface area contributed by atoms with Gasteiger partial charge in [0.2, 0.25) is 0 Å². The molecule has 66 valence electrons. The average molecular weight is 180 g/mol. The lowest BCUT2D eigenvalue weighted by Gasteiger charge is -2.20. The van der Waals surface area contributed by atoms with Gasteiger partial charge in [0.05, 0.1) is 0 Å². The molecule has 3 nitrogen and oxygen atoms in total. The van der Waals surface area contributed by atoms with Gasteiger partial charge in [-0.2, -0.15) is 0 Å². The van der Waals surface area contributed by atoms with Crippen LogP contribution in [-0.2, 0) is 4.79 Å². The van der Waals surface area contributed by atoms with Crippen LogP contribution in [0.3, 0.4) is 0 Å². The van der Waals surface area contributed by atoms with Crippen LogP contribution in [0.5, 0.6) is 0 Å². The summed E-state index contributed by atoms with van der Waals surface area (Å²) in [4.78, 5) is 10.2. The number of aliphatic carboxylic acids is 1. The van der Waals surface area contributed by atoms with E-state index < -0.39 is 5.97 Å². The largest absolute Gasteiger partial charge is 0.481 e. The van der Waals surface area contributed by atoms with E-state index in [0.717, 1.165) is 25.9 Å². The van der Waals surface area contributed by atoms with Gasteiger partial charge in [-0.15, -0.1) is 12.4 Å². The normalized spacial score (nSPS) is 23.8. The summed E-state index contributed by atoms with van der Waals surface area (Å²) in [5.41, 5.74) is 0. The molecular weight excluding hydrogens is 166 g/mol. The highest BCUT2D eigenvalue weighted by atomic mass is 35.5. The topological polar surface area (TPSA) is 49.3 Å². The molecule has 2 N–H and O–H groups in total. The quantitative estimate of drug-likeness (QED) is 0.662. The summed E-state index contributed by atoms with van der Waals surface area (Å²) in [6, 6.07) is 0. The van der Waals surface area contributed by atoms with Crippen molar-refractivity contribution >= 4 is 18.4 Å². The van der Waals surface area contributed by atoms with Crippen LogP contribution in [0.2, 0.25) is 0 Å². The van der Waals surface area contributed by atoms with Crippen LogP contribution < -0.4 is 5.32 Å². The molecule has 0 aromatic rings. The van der Waals surface area contributed by atoms with Gasteiger partial charge < -0.3 is 10.4 Å². The van der Waals surface area contributed by atoms with E-state index in [9.17, 15) is 4.79 Å². The van der Waals surface area contributed by atoms with Gasteiger partial charge in [0.25, 0.3) is 0 Å². The van der Waals surface area contributed by atoms with Gasteiger partial charge in [0.15, 0.2) is 0 Å². The molecule has 11 heavy (non-hydrogen) atoms. The van der Waals surface area contributed by atoms with Crippen LogP contribution in [0.1, 0.15) is 19.3 Å². The Hall–Kier alpha value is -0.280. The number of rotatable bonds is 2. The lowest BCUT2D eigenvalue weighted by Crippen LogP contribution is -2.30. The lowest BCUT2D eigenvalue weighted by molar-refractivity contribution is -0.138. The van der Waals surface area contributed by atoms with Gasteiger partial charge in [-0.3, -0.25) is 4.79 Å². The molecule has 0 amide bonds. The minimum atomic E-state index is -0.672. The molecule has 4 heteroatoms. The molecule has 1 atom stereocenters. The second kappa shape index (κ2) is 5.38. The van der Waals surface area contributed by atoms with Gasteiger partial charge in [-0.05, 0) is 31.8 Å². The van der Waals surface area contributed by atoms with E-state index in [0.29, 0.717) is 12.3 Å². The predicted molar refractivity (Wildman–Crippen MR) is 45.1 cm³/mol. The Balaban J connectivity index is 0.000001000. The Morgan fingerprint density at radius 1 is 1.64 bits per heavy atom. The molecule has 1 heterocycles. The molecule has 0 bridgehead atoms. The molecule has 0 saturated carbocycles. The van der Waals surface area contributed by atoms with Gasteiger partial charge in [-0.25, -0.2) is 0 Å². The molecular formula is C7H14ClNO2. The molecule has 1 rings (SSSR count). The number of carboxylic acid groups (broad SMARTS) is 1. The summed E-state index contributed by atoms with van der Waals surface area (Å²) in [5, 5.41) is 11.6. The first-order chi connectivity index (χ1) is 4.79. The molecule has 1 unspecified atom stereocenters. The second-order valence-electron chi connectivity index (χ2n) is 2.81. The fourth-order valence-corrected chi connectivity index (χ4v) is 1.35. The third-order valence-corrected chi connectivity index (χ3v) is 1.86. The summed E-state index contributed by atoms with van der Waals surface area (Å²) in [7, 11) is 0. The Morgan fingerprint density at radius 3 is 2.82 bits per heavy atom. The minimum Gasteiger partial charge on any atom is -0.481 e. The third-order valence-electron chi connectivity index (χ3n) is 1.86. The number of hydrogen-bond acceptors (Lipinski definition) is 2. The van der Waals surface area contributed by atoms with Crippen LogP contribution in [0.25, 0.3) is 0 Å². The number of halogens is 1. The molecule has 0 spiro atoms. The predicted octanol–water partition coefficient (Wildman–Crippen LogP) is 0.882. The fourth-order valence-electron chi connectivity index (χ4n) is 1.35. The van der Waals surface area contributed by atoms with Crippen molar-refractivity contribution in [3.63, 3.8) is 0 Å². The number of hydrogen-bond donors (Lipinski definition) is 2. The van der Waals surface area contributed by atoms with Gasteiger partial charge in [0.1, 0.15) is 0 Å². The van der Waals surface area contributed by atoms with E-state index in [1.54, 1.807) is 0 Å². The van der Waals surface area contributed by atoms with Crippen LogP contribution >= 0.6 is 12.4 Å². The van der Waals surface area contributed by atoms with E-state index in [2.05, 4.69) is 5.32 Å². The first kappa shape index (κ1) is 10.7. The van der Waals surface area contributed by atoms with Crippen LogP contribution in [0, 0.1) is 5.92 Å². The highest BCUT2D eigenvalue weighted by molar-refractivity contribution is 5.85. The fraction of sp³-hybridized carbons (Fsp3) is 0.857. The maximum absolute atomic E-state index is 10.2. The second-order valence-corrected chi connectivity index (χ2v) is 2.81. The molecule has 1 aliphatic rings. The van der Waals surface area contributed by atoms with Crippen molar-refractivity contribution in [1.29, 1.82) is 0 Å². The molecule has 1 aliphatic heterocycles. The maximum Gasteiger partial charge on any atom is 0.303 e. The molecule has 1 fully saturated rings. The first-order valence-corrected chi connectivity index (χ1v) is 3.71. The maximum atomic E-state index is 10.2. The van der Waals surface area contributed by atoms with Crippen LogP contribution in [-0.4, -0.2) is 24.2 Å². The summed E-state index contributed by atoms with van der Waals surface area (Å²) in [6.45, 7) is 1.93. The Labute approximate surface area is 72.6 Å². The highest BCUT2D eigenvalue weighted by Gasteiger charge is 2.15. The molecule has 1 saturated heterocycles. The smallest absolute Gasteiger partial charge is 0.303 e. The van der Waals surface area contributed by atoms with Gasteiger partial charge in [0, 0.05) is 6.42 Å². The Bertz CT molecular complexity index is 124. The average Bonchev–Trinajstić information content (AvgIpc) is 1.88. The Kier molecular flexibility index (Phi) is 5.24. The van der Waals surface area contributed by atoms with Crippen LogP contribution in [0.15, 0.2) is 0 Å². The number of piperidine rings is 1. The summed E-state index contributed by atoms with van der Waals surface area (Å²) >= 11 is 0. The van der Waals surface area contributed by atoms with E-state index in [1.807, 2.05) is 0 Å². The van der Waals surface area contributed by atoms with Crippen molar-refractivity contribution in [2.24, 2.45) is 5.92 Å². The van der Waals surface area contributed by atoms with Gasteiger partial charge in [-0.1, -0.05) is 0 Å². The number of carbonyl (C=O) groups is 1. The standard InChI is InChI=1S/C7H13NO2.ClH/c9-7(10)4-6-2-1-3-8-5-6;/h6,8H,1-5H2,(H,9,10);1H. The van der Waals surface area contributed by atoms with Crippen LogP contribution in [0.4, 0.5) is 0 Å². The van der Waals surface area contributed by atoms with Crippen molar-refractivity contribution in [1.82, 2.24) is 5.32 Å². The monoisotopic (exact) mass is 179 g/mol. The number of nitrogens with one attached hydrogen (secondary N) is 1. The summed E-state index contributed by atoms with van der Waals surface area (Å²) in [6.07, 6.45) is 2.52. The Morgan fingerprint density at radius 2 is 2.36 bits per heavy atom. The number of carboxylic acids is 1. The van der Waals surface area contributed by atoms with Gasteiger partial charge >= 0.3 is 5.97 Å². The summed E-state index contributed by atoms with van der Waals surface area (Å²) < 4.78 is 0. The zero-order chi connectivity index (χ0) is 7.40. The third kappa shape index (κ3) is 4.22. The van der Waals surface area contributed by atoms with E-state index in [4.69, 9.17) is 5.11 Å². The molecule has 0 aliphatic carbocycles. The minimum absolute atomic E-state index is 0. The summed E-state index contributed by atoms with van der Waals surface area (Å²) in [5.74, 6) is -0.306. The first-order valence-electron chi connectivity index (χ1n) is 3.71. The van der Waals surface area contributed by atoms with E-state index in [1.165, 1.54) is 0 Å². The zero-order valence-corrected chi connectivity index (χ0v) is 7.19. The lowest BCUT2D eigenvalue weighted by atomic mass is 9.96. The zero-order valence-electron chi connectivity index (χ0n) is 6.38. The van der Waals surface area contributed by atoms with E-state index in [-0.39, 0.29) is 12.4 Å². The van der Waals surface area contributed by atoms with Crippen molar-refractivity contribution < 1.29 is 9.90 Å². The highest BCUT2D eigenvalue weighted by Crippen LogP contribution is 2.13. The van der Waals surface area contributed by atoms with Crippen molar-refractivity contribution in [3.05, 3.63) is 0 Å². The van der Waals surface area contributed by atoms with Crippen molar-refractivity contribution in [3.8, 4) is 0 Å². The SMILES string of the molecule is Cl.O=C(O)CC1CCCNC1. The molecule has 0 aromatic heterocycles. The molecule has 0 radical (unpaired) electrons. The van der Waals surface area contributed by atoms with Crippen molar-refractivity contribution in [2.45, 2.75) is 19.3 Å². The molecule has 0 aromatic carbocycles. The van der Waals surface area contributed by atoms with Crippen molar-refractivity contribution in [2.75, 3.05) is 13.1 Å².